The Balaban J connectivity index is 2.31. The van der Waals surface area contributed by atoms with Gasteiger partial charge in [-0.05, 0) is 37.0 Å². The SMILES string of the molecule is CCCCCCCCCCCCCCCCCCOP(=O)(OCCCCCCCCCCCCCCCCCC)C(CCCC)c1ccc(O)cc1. The van der Waals surface area contributed by atoms with E-state index in [1.54, 1.807) is 12.1 Å². The lowest BCUT2D eigenvalue weighted by Gasteiger charge is -2.27. The maximum Gasteiger partial charge on any atom is 0.338 e. The summed E-state index contributed by atoms with van der Waals surface area (Å²) in [5.74, 6) is 0.232. The summed E-state index contributed by atoms with van der Waals surface area (Å²) in [4.78, 5) is 0. The quantitative estimate of drug-likeness (QED) is 0.0535. The third-order valence-corrected chi connectivity index (χ3v) is 13.4. The van der Waals surface area contributed by atoms with E-state index in [0.717, 1.165) is 50.5 Å². The molecule has 0 saturated heterocycles. The number of benzene rings is 1. The van der Waals surface area contributed by atoms with Crippen LogP contribution in [0, 0.1) is 0 Å². The van der Waals surface area contributed by atoms with Gasteiger partial charge < -0.3 is 14.2 Å². The minimum atomic E-state index is -3.36. The van der Waals surface area contributed by atoms with Crippen molar-refractivity contribution in [2.75, 3.05) is 13.2 Å². The van der Waals surface area contributed by atoms with Gasteiger partial charge in [0.1, 0.15) is 5.75 Å². The molecule has 0 aliphatic carbocycles. The van der Waals surface area contributed by atoms with E-state index in [1.165, 1.54) is 180 Å². The van der Waals surface area contributed by atoms with Gasteiger partial charge in [0.05, 0.1) is 18.9 Å². The first-order valence-electron chi connectivity index (χ1n) is 23.2. The number of aromatic hydroxyl groups is 1. The number of hydrogen-bond donors (Lipinski definition) is 1. The highest BCUT2D eigenvalue weighted by molar-refractivity contribution is 7.54. The van der Waals surface area contributed by atoms with Gasteiger partial charge in [0.2, 0.25) is 0 Å². The highest BCUT2D eigenvalue weighted by Gasteiger charge is 2.36. The van der Waals surface area contributed by atoms with Crippen LogP contribution >= 0.6 is 7.60 Å². The van der Waals surface area contributed by atoms with E-state index in [0.29, 0.717) is 13.2 Å². The molecule has 4 nitrogen and oxygen atoms in total. The van der Waals surface area contributed by atoms with E-state index in [4.69, 9.17) is 9.05 Å². The van der Waals surface area contributed by atoms with Gasteiger partial charge >= 0.3 is 7.60 Å². The standard InChI is InChI=1S/C47H89O4P/c1-4-7-10-12-14-16-18-20-22-24-26-28-30-32-34-36-43-50-52(49,47(38-9-6-3)45-39-41-46(48)42-40-45)51-44-37-35-33-31-29-27-25-23-21-19-17-15-13-11-8-5-2/h39-42,47-48H,4-38,43-44H2,1-3H3. The Labute approximate surface area is 325 Å². The van der Waals surface area contributed by atoms with Gasteiger partial charge in [-0.3, -0.25) is 4.57 Å². The number of rotatable bonds is 41. The second-order valence-corrected chi connectivity index (χ2v) is 18.3. The fourth-order valence-corrected chi connectivity index (χ4v) is 9.74. The minimum Gasteiger partial charge on any atom is -0.508 e. The van der Waals surface area contributed by atoms with Crippen molar-refractivity contribution in [3.05, 3.63) is 29.8 Å². The van der Waals surface area contributed by atoms with Crippen LogP contribution in [-0.2, 0) is 13.6 Å². The molecule has 0 heterocycles. The molecular formula is C47H89O4P. The first-order valence-corrected chi connectivity index (χ1v) is 24.9. The zero-order valence-electron chi connectivity index (χ0n) is 35.2. The van der Waals surface area contributed by atoms with Gasteiger partial charge in [-0.15, -0.1) is 0 Å². The van der Waals surface area contributed by atoms with Crippen LogP contribution in [0.1, 0.15) is 257 Å². The van der Waals surface area contributed by atoms with E-state index < -0.39 is 7.60 Å². The van der Waals surface area contributed by atoms with E-state index in [2.05, 4.69) is 20.8 Å². The maximum absolute atomic E-state index is 14.5. The molecular weight excluding hydrogens is 659 g/mol. The highest BCUT2D eigenvalue weighted by atomic mass is 31.2. The fourth-order valence-electron chi connectivity index (χ4n) is 7.50. The van der Waals surface area contributed by atoms with Crippen LogP contribution in [0.25, 0.3) is 0 Å². The average molecular weight is 749 g/mol. The van der Waals surface area contributed by atoms with Crippen molar-refractivity contribution in [1.82, 2.24) is 0 Å². The molecule has 1 unspecified atom stereocenters. The maximum atomic E-state index is 14.5. The molecule has 1 rings (SSSR count). The van der Waals surface area contributed by atoms with Crippen LogP contribution in [0.4, 0.5) is 0 Å². The lowest BCUT2D eigenvalue weighted by molar-refractivity contribution is 0.189. The lowest BCUT2D eigenvalue weighted by Crippen LogP contribution is -2.09. The van der Waals surface area contributed by atoms with Crippen LogP contribution in [0.5, 0.6) is 5.75 Å². The first kappa shape index (κ1) is 49.2. The molecule has 0 fully saturated rings. The normalized spacial score (nSPS) is 12.5. The molecule has 0 radical (unpaired) electrons. The summed E-state index contributed by atoms with van der Waals surface area (Å²) in [6.07, 6.45) is 45.5. The van der Waals surface area contributed by atoms with Crippen molar-refractivity contribution in [2.24, 2.45) is 0 Å². The van der Waals surface area contributed by atoms with Crippen molar-refractivity contribution in [3.8, 4) is 5.75 Å². The van der Waals surface area contributed by atoms with Crippen LogP contribution in [0.3, 0.4) is 0 Å². The highest BCUT2D eigenvalue weighted by Crippen LogP contribution is 2.63. The third kappa shape index (κ3) is 28.6. The van der Waals surface area contributed by atoms with Crippen molar-refractivity contribution in [1.29, 1.82) is 0 Å². The third-order valence-electron chi connectivity index (χ3n) is 11.0. The van der Waals surface area contributed by atoms with Crippen LogP contribution < -0.4 is 0 Å². The number of unbranched alkanes of at least 4 members (excludes halogenated alkanes) is 31. The van der Waals surface area contributed by atoms with Crippen molar-refractivity contribution in [2.45, 2.75) is 251 Å². The largest absolute Gasteiger partial charge is 0.508 e. The summed E-state index contributed by atoms with van der Waals surface area (Å²) in [6, 6.07) is 7.20. The molecule has 1 aromatic carbocycles. The molecule has 0 aliphatic heterocycles. The Hall–Kier alpha value is -0.830. The van der Waals surface area contributed by atoms with Gasteiger partial charge in [0.25, 0.3) is 0 Å². The van der Waals surface area contributed by atoms with Crippen molar-refractivity contribution in [3.63, 3.8) is 0 Å². The molecule has 52 heavy (non-hydrogen) atoms. The zero-order valence-corrected chi connectivity index (χ0v) is 36.1. The Morgan fingerprint density at radius 2 is 0.692 bits per heavy atom. The second kappa shape index (κ2) is 37.1. The van der Waals surface area contributed by atoms with Gasteiger partial charge in [0, 0.05) is 0 Å². The summed E-state index contributed by atoms with van der Waals surface area (Å²) in [5.41, 5.74) is 0.670. The Morgan fingerprint density at radius 1 is 0.423 bits per heavy atom. The molecule has 0 aliphatic rings. The molecule has 0 spiro atoms. The van der Waals surface area contributed by atoms with Crippen LogP contribution in [0.2, 0.25) is 0 Å². The summed E-state index contributed by atoms with van der Waals surface area (Å²) in [7, 11) is -3.36. The van der Waals surface area contributed by atoms with Gasteiger partial charge in [-0.2, -0.15) is 0 Å². The van der Waals surface area contributed by atoms with E-state index in [-0.39, 0.29) is 11.4 Å². The Morgan fingerprint density at radius 3 is 0.981 bits per heavy atom. The van der Waals surface area contributed by atoms with Gasteiger partial charge in [-0.1, -0.05) is 238 Å². The molecule has 0 saturated carbocycles. The zero-order chi connectivity index (χ0) is 37.6. The number of phenols is 1. The Bertz CT molecular complexity index is 861. The monoisotopic (exact) mass is 749 g/mol. The van der Waals surface area contributed by atoms with E-state index >= 15 is 0 Å². The second-order valence-electron chi connectivity index (χ2n) is 16.1. The van der Waals surface area contributed by atoms with E-state index in [1.807, 2.05) is 12.1 Å². The van der Waals surface area contributed by atoms with Crippen LogP contribution in [0.15, 0.2) is 24.3 Å². The smallest absolute Gasteiger partial charge is 0.338 e. The predicted octanol–water partition coefficient (Wildman–Crippen LogP) is 17.4. The molecule has 0 amide bonds. The van der Waals surface area contributed by atoms with E-state index in [9.17, 15) is 9.67 Å². The molecule has 5 heteroatoms. The summed E-state index contributed by atoms with van der Waals surface area (Å²) in [5, 5.41) is 9.92. The lowest BCUT2D eigenvalue weighted by atomic mass is 10.0. The van der Waals surface area contributed by atoms with Gasteiger partial charge in [-0.25, -0.2) is 0 Å². The minimum absolute atomic E-state index is 0.232. The van der Waals surface area contributed by atoms with Crippen molar-refractivity contribution < 1.29 is 18.7 Å². The topological polar surface area (TPSA) is 55.8 Å². The van der Waals surface area contributed by atoms with Crippen LogP contribution in [-0.4, -0.2) is 18.3 Å². The van der Waals surface area contributed by atoms with Gasteiger partial charge in [0.15, 0.2) is 0 Å². The number of phenolic OH excluding ortho intramolecular Hbond substituents is 1. The average Bonchev–Trinajstić information content (AvgIpc) is 3.15. The fraction of sp³-hybridized carbons (Fsp3) is 0.872. The molecule has 0 bridgehead atoms. The summed E-state index contributed by atoms with van der Waals surface area (Å²) >= 11 is 0. The molecule has 0 aromatic heterocycles. The number of hydrogen-bond acceptors (Lipinski definition) is 4. The molecule has 306 valence electrons. The predicted molar refractivity (Wildman–Crippen MR) is 229 cm³/mol. The first-order chi connectivity index (χ1) is 25.6. The Kier molecular flexibility index (Phi) is 35.1. The molecule has 1 aromatic rings. The van der Waals surface area contributed by atoms with Crippen molar-refractivity contribution >= 4 is 7.60 Å². The summed E-state index contributed by atoms with van der Waals surface area (Å²) in [6.45, 7) is 7.74. The summed E-state index contributed by atoms with van der Waals surface area (Å²) < 4.78 is 27.1. The molecule has 1 atom stereocenters. The molecule has 1 N–H and O–H groups in total.